The molecule has 0 atom stereocenters. The molecule has 17 heavy (non-hydrogen) atoms. The fourth-order valence-corrected chi connectivity index (χ4v) is 2.69. The van der Waals surface area contributed by atoms with Crippen LogP contribution in [0, 0.1) is 5.82 Å². The molecule has 2 rings (SSSR count). The highest BCUT2D eigenvalue weighted by atomic mass is 35.5. The van der Waals surface area contributed by atoms with Crippen LogP contribution in [0.3, 0.4) is 0 Å². The van der Waals surface area contributed by atoms with E-state index in [0.717, 1.165) is 23.5 Å². The summed E-state index contributed by atoms with van der Waals surface area (Å²) in [5.41, 5.74) is 1.70. The second-order valence-electron chi connectivity index (χ2n) is 3.87. The number of aryl methyl sites for hydroxylation is 1. The molecule has 0 fully saturated rings. The minimum Gasteiger partial charge on any atom is -0.246 e. The van der Waals surface area contributed by atoms with Crippen LogP contribution >= 0.6 is 22.9 Å². The summed E-state index contributed by atoms with van der Waals surface area (Å²) in [6, 6.07) is 5.08. The number of hydrogen-bond donors (Lipinski definition) is 0. The lowest BCUT2D eigenvalue weighted by molar-refractivity contribution is 0.614. The first-order valence-corrected chi connectivity index (χ1v) is 6.82. The van der Waals surface area contributed by atoms with Gasteiger partial charge in [-0.05, 0) is 18.1 Å². The molecular formula is C13H13ClFNS. The average molecular weight is 270 g/mol. The predicted octanol–water partition coefficient (Wildman–Crippen LogP) is 4.48. The van der Waals surface area contributed by atoms with E-state index in [9.17, 15) is 4.39 Å². The summed E-state index contributed by atoms with van der Waals surface area (Å²) in [6.45, 7) is 2.12. The third-order valence-corrected chi connectivity index (χ3v) is 3.67. The summed E-state index contributed by atoms with van der Waals surface area (Å²) in [5, 5.41) is 3.16. The Balaban J connectivity index is 2.16. The number of benzene rings is 1. The molecule has 0 amide bonds. The highest BCUT2D eigenvalue weighted by molar-refractivity contribution is 7.09. The van der Waals surface area contributed by atoms with Gasteiger partial charge in [0.25, 0.3) is 0 Å². The molecule has 0 N–H and O–H groups in total. The number of nitrogens with zero attached hydrogens (tertiary/aromatic N) is 1. The Bertz CT molecular complexity index is 510. The number of aromatic nitrogens is 1. The van der Waals surface area contributed by atoms with Crippen molar-refractivity contribution in [3.63, 3.8) is 0 Å². The first-order valence-electron chi connectivity index (χ1n) is 5.57. The summed E-state index contributed by atoms with van der Waals surface area (Å²) < 4.78 is 13.7. The summed E-state index contributed by atoms with van der Waals surface area (Å²) >= 11 is 7.32. The minimum absolute atomic E-state index is 0.174. The van der Waals surface area contributed by atoms with E-state index < -0.39 is 0 Å². The molecule has 0 aliphatic heterocycles. The van der Waals surface area contributed by atoms with Gasteiger partial charge in [-0.15, -0.1) is 11.3 Å². The maximum absolute atomic E-state index is 13.7. The Hall–Kier alpha value is -0.930. The van der Waals surface area contributed by atoms with Gasteiger partial charge >= 0.3 is 0 Å². The van der Waals surface area contributed by atoms with Crippen LogP contribution in [0.2, 0.25) is 5.02 Å². The number of thiazole rings is 1. The molecule has 0 saturated carbocycles. The maximum Gasteiger partial charge on any atom is 0.145 e. The lowest BCUT2D eigenvalue weighted by atomic mass is 10.1. The zero-order valence-corrected chi connectivity index (χ0v) is 11.1. The molecule has 4 heteroatoms. The molecule has 0 spiro atoms. The molecule has 0 aliphatic carbocycles. The van der Waals surface area contributed by atoms with Crippen LogP contribution in [0.15, 0.2) is 23.6 Å². The van der Waals surface area contributed by atoms with Crippen LogP contribution in [-0.4, -0.2) is 4.98 Å². The van der Waals surface area contributed by atoms with E-state index in [1.165, 1.54) is 0 Å². The molecule has 1 aromatic carbocycles. The van der Waals surface area contributed by atoms with Gasteiger partial charge in [-0.1, -0.05) is 37.1 Å². The van der Waals surface area contributed by atoms with Gasteiger partial charge in [-0.2, -0.15) is 0 Å². The first kappa shape index (κ1) is 12.5. The van der Waals surface area contributed by atoms with Gasteiger partial charge in [-0.25, -0.2) is 9.37 Å². The average Bonchev–Trinajstić information content (AvgIpc) is 2.73. The first-order chi connectivity index (χ1) is 8.20. The van der Waals surface area contributed by atoms with Crippen LogP contribution in [0.5, 0.6) is 0 Å². The molecule has 90 valence electrons. The lowest BCUT2D eigenvalue weighted by Crippen LogP contribution is -1.93. The smallest absolute Gasteiger partial charge is 0.145 e. The third kappa shape index (κ3) is 3.05. The van der Waals surface area contributed by atoms with Gasteiger partial charge in [0, 0.05) is 11.8 Å². The molecule has 1 heterocycles. The van der Waals surface area contributed by atoms with Gasteiger partial charge in [0.15, 0.2) is 0 Å². The molecule has 2 aromatic rings. The largest absolute Gasteiger partial charge is 0.246 e. The Morgan fingerprint density at radius 2 is 2.24 bits per heavy atom. The topological polar surface area (TPSA) is 12.9 Å². The van der Waals surface area contributed by atoms with E-state index in [4.69, 9.17) is 11.6 Å². The van der Waals surface area contributed by atoms with Crippen molar-refractivity contribution in [3.05, 3.63) is 50.7 Å². The Morgan fingerprint density at radius 1 is 1.41 bits per heavy atom. The number of halogens is 2. The van der Waals surface area contributed by atoms with E-state index >= 15 is 0 Å². The van der Waals surface area contributed by atoms with Crippen LogP contribution in [0.4, 0.5) is 4.39 Å². The van der Waals surface area contributed by atoms with Crippen molar-refractivity contribution < 1.29 is 4.39 Å². The van der Waals surface area contributed by atoms with E-state index in [1.54, 1.807) is 29.5 Å². The quantitative estimate of drug-likeness (QED) is 0.798. The van der Waals surface area contributed by atoms with E-state index in [1.807, 2.05) is 5.38 Å². The summed E-state index contributed by atoms with van der Waals surface area (Å²) in [7, 11) is 0. The second kappa shape index (κ2) is 5.61. The molecule has 0 bridgehead atoms. The van der Waals surface area contributed by atoms with Crippen molar-refractivity contribution in [1.82, 2.24) is 4.98 Å². The monoisotopic (exact) mass is 269 g/mol. The Labute approximate surface area is 109 Å². The molecule has 0 saturated heterocycles. The molecule has 1 nitrogen and oxygen atoms in total. The van der Waals surface area contributed by atoms with Crippen molar-refractivity contribution in [3.8, 4) is 0 Å². The van der Waals surface area contributed by atoms with E-state index in [0.29, 0.717) is 12.0 Å². The number of hydrogen-bond acceptors (Lipinski definition) is 2. The maximum atomic E-state index is 13.7. The zero-order chi connectivity index (χ0) is 12.3. The highest BCUT2D eigenvalue weighted by Crippen LogP contribution is 2.22. The fourth-order valence-electron chi connectivity index (χ4n) is 1.65. The van der Waals surface area contributed by atoms with E-state index in [-0.39, 0.29) is 10.8 Å². The minimum atomic E-state index is -0.332. The SMILES string of the molecule is CCCc1csc(Cc2cccc(Cl)c2F)n1. The second-order valence-corrected chi connectivity index (χ2v) is 5.22. The Kier molecular flexibility index (Phi) is 4.13. The predicted molar refractivity (Wildman–Crippen MR) is 70.3 cm³/mol. The van der Waals surface area contributed by atoms with Gasteiger partial charge in [-0.3, -0.25) is 0 Å². The molecule has 1 aromatic heterocycles. The van der Waals surface area contributed by atoms with Crippen LogP contribution < -0.4 is 0 Å². The number of rotatable bonds is 4. The third-order valence-electron chi connectivity index (χ3n) is 2.48. The summed E-state index contributed by atoms with van der Waals surface area (Å²) in [5.74, 6) is -0.332. The molecule has 0 aliphatic rings. The standard InChI is InChI=1S/C13H13ClFNS/c1-2-4-10-8-17-12(16-10)7-9-5-3-6-11(14)13(9)15/h3,5-6,8H,2,4,7H2,1H3. The molecule has 0 unspecified atom stereocenters. The summed E-state index contributed by atoms with van der Waals surface area (Å²) in [4.78, 5) is 4.47. The normalized spacial score (nSPS) is 10.8. The van der Waals surface area contributed by atoms with E-state index in [2.05, 4.69) is 11.9 Å². The summed E-state index contributed by atoms with van der Waals surface area (Å²) in [6.07, 6.45) is 2.57. The van der Waals surface area contributed by atoms with Crippen LogP contribution in [0.25, 0.3) is 0 Å². The van der Waals surface area contributed by atoms with Crippen LogP contribution in [0.1, 0.15) is 29.6 Å². The fraction of sp³-hybridized carbons (Fsp3) is 0.308. The lowest BCUT2D eigenvalue weighted by Gasteiger charge is -2.01. The van der Waals surface area contributed by atoms with Gasteiger partial charge < -0.3 is 0 Å². The van der Waals surface area contributed by atoms with Crippen molar-refractivity contribution in [2.75, 3.05) is 0 Å². The highest BCUT2D eigenvalue weighted by Gasteiger charge is 2.09. The molecule has 0 radical (unpaired) electrons. The van der Waals surface area contributed by atoms with Gasteiger partial charge in [0.2, 0.25) is 0 Å². The van der Waals surface area contributed by atoms with Crippen molar-refractivity contribution in [1.29, 1.82) is 0 Å². The van der Waals surface area contributed by atoms with Crippen molar-refractivity contribution >= 4 is 22.9 Å². The van der Waals surface area contributed by atoms with Crippen molar-refractivity contribution in [2.24, 2.45) is 0 Å². The zero-order valence-electron chi connectivity index (χ0n) is 9.54. The molecular weight excluding hydrogens is 257 g/mol. The van der Waals surface area contributed by atoms with Crippen LogP contribution in [-0.2, 0) is 12.8 Å². The van der Waals surface area contributed by atoms with Gasteiger partial charge in [0.05, 0.1) is 15.7 Å². The van der Waals surface area contributed by atoms with Crippen molar-refractivity contribution in [2.45, 2.75) is 26.2 Å². The Morgan fingerprint density at radius 3 is 3.00 bits per heavy atom. The van der Waals surface area contributed by atoms with Gasteiger partial charge in [0.1, 0.15) is 5.82 Å².